The smallest absolute Gasteiger partial charge is 0.348 e. The number of para-hydroxylation sites is 1. The van der Waals surface area contributed by atoms with E-state index in [0.29, 0.717) is 11.5 Å². The molecule has 2 unspecified atom stereocenters. The van der Waals surface area contributed by atoms with Crippen molar-refractivity contribution in [3.8, 4) is 5.75 Å². The molecule has 2 aromatic rings. The lowest BCUT2D eigenvalue weighted by molar-refractivity contribution is -0.162. The molecule has 0 radical (unpaired) electrons. The molecule has 2 N–H and O–H groups in total. The van der Waals surface area contributed by atoms with E-state index in [1.807, 2.05) is 30.3 Å². The van der Waals surface area contributed by atoms with Crippen LogP contribution in [0.2, 0.25) is 0 Å². The lowest BCUT2D eigenvalue weighted by Crippen LogP contribution is -2.44. The van der Waals surface area contributed by atoms with E-state index in [0.717, 1.165) is 17.3 Å². The van der Waals surface area contributed by atoms with Crippen molar-refractivity contribution in [1.29, 1.82) is 0 Å². The van der Waals surface area contributed by atoms with E-state index in [1.165, 1.54) is 0 Å². The summed E-state index contributed by atoms with van der Waals surface area (Å²) in [6.07, 6.45) is -2.65. The highest BCUT2D eigenvalue weighted by molar-refractivity contribution is 8.03. The zero-order chi connectivity index (χ0) is 19.2. The molecule has 27 heavy (non-hydrogen) atoms. The van der Waals surface area contributed by atoms with Crippen molar-refractivity contribution in [2.24, 2.45) is 0 Å². The van der Waals surface area contributed by atoms with Crippen molar-refractivity contribution in [2.45, 2.75) is 24.4 Å². The summed E-state index contributed by atoms with van der Waals surface area (Å²) in [7, 11) is 0. The van der Waals surface area contributed by atoms with Crippen molar-refractivity contribution < 1.29 is 29.3 Å². The maximum Gasteiger partial charge on any atom is 0.348 e. The van der Waals surface area contributed by atoms with Gasteiger partial charge in [-0.25, -0.2) is 9.59 Å². The summed E-state index contributed by atoms with van der Waals surface area (Å²) in [5, 5.41) is 19.8. The van der Waals surface area contributed by atoms with Crippen molar-refractivity contribution in [1.82, 2.24) is 0 Å². The fraction of sp³-hybridized carbons (Fsp3) is 0.200. The van der Waals surface area contributed by atoms with E-state index >= 15 is 0 Å². The highest BCUT2D eigenvalue weighted by Crippen LogP contribution is 2.32. The van der Waals surface area contributed by atoms with Crippen LogP contribution in [0.5, 0.6) is 5.75 Å². The second-order valence-corrected chi connectivity index (χ2v) is 6.87. The zero-order valence-corrected chi connectivity index (χ0v) is 15.1. The van der Waals surface area contributed by atoms with Gasteiger partial charge in [0.2, 0.25) is 6.10 Å². The molecule has 0 fully saturated rings. The maximum atomic E-state index is 12.3. The molecule has 3 rings (SSSR count). The van der Waals surface area contributed by atoms with Crippen LogP contribution in [-0.2, 0) is 20.1 Å². The van der Waals surface area contributed by atoms with Gasteiger partial charge in [-0.05, 0) is 17.7 Å². The normalized spacial score (nSPS) is 17.9. The van der Waals surface area contributed by atoms with Crippen molar-refractivity contribution >= 4 is 23.7 Å². The molecule has 2 aromatic carbocycles. The number of rotatable bonds is 7. The number of ether oxygens (including phenoxy) is 2. The Labute approximate surface area is 160 Å². The summed E-state index contributed by atoms with van der Waals surface area (Å²) in [6.45, 7) is 0. The molecule has 0 bridgehead atoms. The Balaban J connectivity index is 1.70. The highest BCUT2D eigenvalue weighted by atomic mass is 32.2. The zero-order valence-electron chi connectivity index (χ0n) is 14.3. The number of hydrogen-bond donors (Lipinski definition) is 2. The Morgan fingerprint density at radius 3 is 2.37 bits per heavy atom. The molecule has 1 aliphatic heterocycles. The fourth-order valence-corrected chi connectivity index (χ4v) is 3.52. The number of carbonyl (C=O) groups is 2. The number of esters is 1. The largest absolute Gasteiger partial charge is 0.511 e. The number of thioether (sulfide) groups is 1. The molecule has 0 aromatic heterocycles. The molecular weight excluding hydrogens is 368 g/mol. The van der Waals surface area contributed by atoms with E-state index in [4.69, 9.17) is 9.47 Å². The molecule has 1 heterocycles. The van der Waals surface area contributed by atoms with Crippen LogP contribution in [0.3, 0.4) is 0 Å². The minimum absolute atomic E-state index is 0.0963. The van der Waals surface area contributed by atoms with Crippen molar-refractivity contribution in [3.05, 3.63) is 76.9 Å². The van der Waals surface area contributed by atoms with Crippen molar-refractivity contribution in [3.63, 3.8) is 0 Å². The van der Waals surface area contributed by atoms with Gasteiger partial charge in [0.05, 0.1) is 0 Å². The van der Waals surface area contributed by atoms with Gasteiger partial charge in [-0.2, -0.15) is 0 Å². The van der Waals surface area contributed by atoms with E-state index < -0.39 is 24.1 Å². The third-order valence-electron chi connectivity index (χ3n) is 3.91. The van der Waals surface area contributed by atoms with Gasteiger partial charge in [-0.3, -0.25) is 0 Å². The van der Waals surface area contributed by atoms with Gasteiger partial charge in [0.1, 0.15) is 16.4 Å². The molecule has 1 aliphatic rings. The predicted octanol–water partition coefficient (Wildman–Crippen LogP) is 3.54. The summed E-state index contributed by atoms with van der Waals surface area (Å²) in [4.78, 5) is 24.0. The van der Waals surface area contributed by atoms with Gasteiger partial charge in [-0.15, -0.1) is 11.8 Å². The van der Waals surface area contributed by atoms with Crippen LogP contribution in [0, 0.1) is 0 Å². The number of aliphatic carboxylic acids is 1. The number of cyclic esters (lactones) is 1. The summed E-state index contributed by atoms with van der Waals surface area (Å²) < 4.78 is 10.7. The molecular formula is C20H18O6S. The number of hydrogen-bond acceptors (Lipinski definition) is 6. The van der Waals surface area contributed by atoms with Gasteiger partial charge >= 0.3 is 11.9 Å². The van der Waals surface area contributed by atoms with Crippen LogP contribution in [0.15, 0.2) is 71.3 Å². The SMILES string of the molecule is O=C1OC(C(Oc2ccccc2)C(=O)O)CC(O)=C1SCc1ccccc1. The van der Waals surface area contributed by atoms with Crippen LogP contribution in [0.4, 0.5) is 0 Å². The van der Waals surface area contributed by atoms with Crippen LogP contribution >= 0.6 is 11.8 Å². The summed E-state index contributed by atoms with van der Waals surface area (Å²) in [6, 6.07) is 17.9. The van der Waals surface area contributed by atoms with Gasteiger partial charge in [0, 0.05) is 12.2 Å². The highest BCUT2D eigenvalue weighted by Gasteiger charge is 2.39. The van der Waals surface area contributed by atoms with E-state index in [-0.39, 0.29) is 17.1 Å². The van der Waals surface area contributed by atoms with Crippen LogP contribution in [0.25, 0.3) is 0 Å². The predicted molar refractivity (Wildman–Crippen MR) is 100 cm³/mol. The Morgan fingerprint density at radius 1 is 1.15 bits per heavy atom. The van der Waals surface area contributed by atoms with Gasteiger partial charge in [0.15, 0.2) is 6.10 Å². The van der Waals surface area contributed by atoms with Crippen LogP contribution < -0.4 is 4.74 Å². The first kappa shape index (κ1) is 18.8. The Bertz CT molecular complexity index is 834. The minimum atomic E-state index is -1.42. The third-order valence-corrected chi connectivity index (χ3v) is 5.08. The first-order valence-corrected chi connectivity index (χ1v) is 9.27. The fourth-order valence-electron chi connectivity index (χ4n) is 2.61. The number of carboxylic acid groups (broad SMARTS) is 1. The Kier molecular flexibility index (Phi) is 6.03. The number of aliphatic hydroxyl groups is 1. The summed E-state index contributed by atoms with van der Waals surface area (Å²) in [5.41, 5.74) is 0.994. The van der Waals surface area contributed by atoms with E-state index in [9.17, 15) is 19.8 Å². The third kappa shape index (κ3) is 4.83. The lowest BCUT2D eigenvalue weighted by atomic mass is 10.1. The van der Waals surface area contributed by atoms with Gasteiger partial charge < -0.3 is 19.7 Å². The number of carboxylic acids is 1. The average molecular weight is 386 g/mol. The molecule has 0 spiro atoms. The molecule has 0 saturated carbocycles. The van der Waals surface area contributed by atoms with Gasteiger partial charge in [0.25, 0.3) is 0 Å². The first-order chi connectivity index (χ1) is 13.0. The minimum Gasteiger partial charge on any atom is -0.511 e. The molecule has 0 amide bonds. The van der Waals surface area contributed by atoms with E-state index in [1.54, 1.807) is 30.3 Å². The molecule has 0 saturated heterocycles. The van der Waals surface area contributed by atoms with E-state index in [2.05, 4.69) is 0 Å². The second-order valence-electron chi connectivity index (χ2n) is 5.89. The van der Waals surface area contributed by atoms with Gasteiger partial charge in [-0.1, -0.05) is 48.5 Å². The monoisotopic (exact) mass is 386 g/mol. The Morgan fingerprint density at radius 2 is 1.78 bits per heavy atom. The Hall–Kier alpha value is -2.93. The number of carbonyl (C=O) groups excluding carboxylic acids is 1. The molecule has 140 valence electrons. The lowest BCUT2D eigenvalue weighted by Gasteiger charge is -2.28. The summed E-state index contributed by atoms with van der Waals surface area (Å²) >= 11 is 1.16. The molecule has 6 nitrogen and oxygen atoms in total. The summed E-state index contributed by atoms with van der Waals surface area (Å²) in [5.74, 6) is -1.37. The maximum absolute atomic E-state index is 12.3. The van der Waals surface area contributed by atoms with Crippen molar-refractivity contribution in [2.75, 3.05) is 0 Å². The number of benzene rings is 2. The topological polar surface area (TPSA) is 93.1 Å². The molecule has 7 heteroatoms. The van der Waals surface area contributed by atoms with Crippen LogP contribution in [0.1, 0.15) is 12.0 Å². The molecule has 0 aliphatic carbocycles. The average Bonchev–Trinajstić information content (AvgIpc) is 2.66. The van der Waals surface area contributed by atoms with Crippen LogP contribution in [-0.4, -0.2) is 34.4 Å². The molecule has 2 atom stereocenters. The second kappa shape index (κ2) is 8.64. The quantitative estimate of drug-likeness (QED) is 0.703. The standard InChI is InChI=1S/C20H18O6S/c21-15-11-16(17(19(22)23)25-14-9-5-2-6-10-14)26-20(24)18(15)27-12-13-7-3-1-4-8-13/h1-10,16-17,21H,11-12H2,(H,22,23). The number of aliphatic hydroxyl groups excluding tert-OH is 1. The first-order valence-electron chi connectivity index (χ1n) is 8.29.